The van der Waals surface area contributed by atoms with Crippen LogP contribution in [0.15, 0.2) is 33.9 Å². The Morgan fingerprint density at radius 2 is 2.10 bits per heavy atom. The highest BCUT2D eigenvalue weighted by atomic mass is 32.2. The number of aliphatic hydroxyl groups is 1. The lowest BCUT2D eigenvalue weighted by atomic mass is 10.2. The molecule has 0 aliphatic rings. The Morgan fingerprint density at radius 1 is 1.35 bits per heavy atom. The summed E-state index contributed by atoms with van der Waals surface area (Å²) in [5.74, 6) is -2.85. The average molecular weight is 304 g/mol. The quantitative estimate of drug-likeness (QED) is 0.857. The molecule has 1 aromatic carbocycles. The monoisotopic (exact) mass is 304 g/mol. The van der Waals surface area contributed by atoms with Crippen molar-refractivity contribution in [3.8, 4) is 0 Å². The molecule has 1 aromatic heterocycles. The number of nitrogens with one attached hydrogen (secondary N) is 1. The predicted molar refractivity (Wildman–Crippen MR) is 62.8 cm³/mol. The van der Waals surface area contributed by atoms with Gasteiger partial charge < -0.3 is 9.63 Å². The van der Waals surface area contributed by atoms with Crippen LogP contribution in [0.1, 0.15) is 11.3 Å². The Morgan fingerprint density at radius 3 is 2.70 bits per heavy atom. The average Bonchev–Trinajstić information content (AvgIpc) is 2.92. The Bertz CT molecular complexity index is 701. The fraction of sp³-hybridized carbons (Fsp3) is 0.182. The van der Waals surface area contributed by atoms with Crippen molar-refractivity contribution < 1.29 is 26.8 Å². The van der Waals surface area contributed by atoms with E-state index in [9.17, 15) is 17.2 Å². The molecule has 9 heteroatoms. The molecular formula is C11H10F2N2O4S. The number of halogens is 2. The second-order valence-corrected chi connectivity index (χ2v) is 5.60. The first-order chi connectivity index (χ1) is 9.44. The minimum atomic E-state index is -4.28. The topological polar surface area (TPSA) is 92.4 Å². The largest absolute Gasteiger partial charge is 0.392 e. The minimum absolute atomic E-state index is 0.0503. The molecule has 20 heavy (non-hydrogen) atoms. The van der Waals surface area contributed by atoms with Gasteiger partial charge in [-0.3, -0.25) is 0 Å². The molecule has 2 N–H and O–H groups in total. The van der Waals surface area contributed by atoms with Gasteiger partial charge in [-0.05, 0) is 17.7 Å². The van der Waals surface area contributed by atoms with Crippen LogP contribution in [-0.2, 0) is 23.2 Å². The smallest absolute Gasteiger partial charge is 0.243 e. The maximum absolute atomic E-state index is 13.6. The molecule has 0 aliphatic carbocycles. The maximum Gasteiger partial charge on any atom is 0.243 e. The number of hydrogen-bond donors (Lipinski definition) is 2. The van der Waals surface area contributed by atoms with E-state index >= 15 is 0 Å². The first kappa shape index (κ1) is 14.6. The number of nitrogens with zero attached hydrogens (tertiary/aromatic N) is 1. The Labute approximate surface area is 113 Å². The molecule has 0 unspecified atom stereocenters. The summed E-state index contributed by atoms with van der Waals surface area (Å²) in [6.45, 7) is -0.841. The zero-order valence-electron chi connectivity index (χ0n) is 10.0. The third-order valence-corrected chi connectivity index (χ3v) is 3.86. The van der Waals surface area contributed by atoms with Crippen LogP contribution in [-0.4, -0.2) is 18.7 Å². The summed E-state index contributed by atoms with van der Waals surface area (Å²) in [7, 11) is -4.28. The van der Waals surface area contributed by atoms with Crippen molar-refractivity contribution in [2.45, 2.75) is 18.0 Å². The van der Waals surface area contributed by atoms with Crippen molar-refractivity contribution in [2.24, 2.45) is 0 Å². The van der Waals surface area contributed by atoms with Crippen molar-refractivity contribution in [1.29, 1.82) is 0 Å². The van der Waals surface area contributed by atoms with E-state index in [1.807, 2.05) is 0 Å². The first-order valence-corrected chi connectivity index (χ1v) is 6.90. The van der Waals surface area contributed by atoms with Crippen LogP contribution in [0.2, 0.25) is 0 Å². The van der Waals surface area contributed by atoms with Crippen LogP contribution < -0.4 is 4.72 Å². The van der Waals surface area contributed by atoms with E-state index in [2.05, 4.69) is 14.4 Å². The third-order valence-electron chi connectivity index (χ3n) is 2.46. The van der Waals surface area contributed by atoms with Gasteiger partial charge in [0.1, 0.15) is 11.2 Å². The van der Waals surface area contributed by atoms with Gasteiger partial charge in [-0.2, -0.15) is 0 Å². The van der Waals surface area contributed by atoms with Crippen LogP contribution in [0.5, 0.6) is 0 Å². The van der Waals surface area contributed by atoms with Gasteiger partial charge in [0, 0.05) is 6.07 Å². The van der Waals surface area contributed by atoms with Crippen molar-refractivity contribution in [1.82, 2.24) is 9.88 Å². The van der Waals surface area contributed by atoms with E-state index in [1.165, 1.54) is 12.3 Å². The fourth-order valence-corrected chi connectivity index (χ4v) is 2.61. The number of sulfonamides is 1. The van der Waals surface area contributed by atoms with Crippen LogP contribution in [0, 0.1) is 11.6 Å². The van der Waals surface area contributed by atoms with Crippen LogP contribution in [0.3, 0.4) is 0 Å². The summed E-state index contributed by atoms with van der Waals surface area (Å²) in [6.07, 6.45) is 1.25. The third kappa shape index (κ3) is 3.00. The van der Waals surface area contributed by atoms with Gasteiger partial charge in [-0.15, -0.1) is 0 Å². The van der Waals surface area contributed by atoms with Gasteiger partial charge >= 0.3 is 0 Å². The van der Waals surface area contributed by atoms with E-state index < -0.39 is 33.2 Å². The van der Waals surface area contributed by atoms with E-state index in [-0.39, 0.29) is 17.8 Å². The van der Waals surface area contributed by atoms with Crippen LogP contribution in [0.25, 0.3) is 0 Å². The van der Waals surface area contributed by atoms with E-state index in [0.717, 1.165) is 12.1 Å². The Kier molecular flexibility index (Phi) is 4.12. The minimum Gasteiger partial charge on any atom is -0.392 e. The predicted octanol–water partition coefficient (Wildman–Crippen LogP) is 0.924. The van der Waals surface area contributed by atoms with E-state index in [1.54, 1.807) is 0 Å². The zero-order valence-corrected chi connectivity index (χ0v) is 10.8. The van der Waals surface area contributed by atoms with Crippen molar-refractivity contribution in [3.05, 3.63) is 47.4 Å². The van der Waals surface area contributed by atoms with Crippen molar-refractivity contribution in [3.63, 3.8) is 0 Å². The molecule has 0 saturated carbocycles. The highest BCUT2D eigenvalue weighted by molar-refractivity contribution is 7.89. The summed E-state index contributed by atoms with van der Waals surface area (Å²) in [6, 6.07) is 3.01. The van der Waals surface area contributed by atoms with Gasteiger partial charge in [0.05, 0.1) is 18.8 Å². The van der Waals surface area contributed by atoms with Gasteiger partial charge in [-0.1, -0.05) is 5.16 Å². The lowest BCUT2D eigenvalue weighted by Gasteiger charge is -2.08. The molecule has 2 aromatic rings. The normalized spacial score (nSPS) is 11.8. The van der Waals surface area contributed by atoms with Gasteiger partial charge in [0.25, 0.3) is 0 Å². The standard InChI is InChI=1S/C11H10F2N2O4S/c12-9-3-7(6-16)4-10(11(9)13)20(17,18)14-5-8-1-2-19-15-8/h1-4,14,16H,5-6H2. The molecule has 0 atom stereocenters. The van der Waals surface area contributed by atoms with E-state index in [4.69, 9.17) is 5.11 Å². The summed E-state index contributed by atoms with van der Waals surface area (Å²) in [5, 5.41) is 12.4. The first-order valence-electron chi connectivity index (χ1n) is 5.42. The molecule has 0 radical (unpaired) electrons. The fourth-order valence-electron chi connectivity index (χ4n) is 1.48. The summed E-state index contributed by atoms with van der Waals surface area (Å²) in [4.78, 5) is -0.870. The molecule has 0 saturated heterocycles. The summed E-state index contributed by atoms with van der Waals surface area (Å²) in [5.41, 5.74) is 0.235. The van der Waals surface area contributed by atoms with Gasteiger partial charge in [0.15, 0.2) is 11.6 Å². The zero-order chi connectivity index (χ0) is 14.8. The number of rotatable bonds is 5. The number of aromatic nitrogens is 1. The maximum atomic E-state index is 13.6. The van der Waals surface area contributed by atoms with E-state index in [0.29, 0.717) is 0 Å². The molecule has 108 valence electrons. The molecule has 0 spiro atoms. The number of benzene rings is 1. The Balaban J connectivity index is 2.31. The van der Waals surface area contributed by atoms with Crippen molar-refractivity contribution in [2.75, 3.05) is 0 Å². The molecular weight excluding hydrogens is 294 g/mol. The lowest BCUT2D eigenvalue weighted by molar-refractivity contribution is 0.280. The van der Waals surface area contributed by atoms with Crippen molar-refractivity contribution >= 4 is 10.0 Å². The summed E-state index contributed by atoms with van der Waals surface area (Å²) >= 11 is 0. The van der Waals surface area contributed by atoms with Gasteiger partial charge in [-0.25, -0.2) is 21.9 Å². The molecule has 0 fully saturated rings. The molecule has 6 nitrogen and oxygen atoms in total. The molecule has 2 rings (SSSR count). The summed E-state index contributed by atoms with van der Waals surface area (Å²) < 4.78 is 57.2. The lowest BCUT2D eigenvalue weighted by Crippen LogP contribution is -2.25. The SMILES string of the molecule is O=S(=O)(NCc1ccon1)c1cc(CO)cc(F)c1F. The molecule has 0 aliphatic heterocycles. The molecule has 1 heterocycles. The van der Waals surface area contributed by atoms with Gasteiger partial charge in [0.2, 0.25) is 10.0 Å². The van der Waals surface area contributed by atoms with Crippen LogP contribution in [0.4, 0.5) is 8.78 Å². The second-order valence-electron chi connectivity index (χ2n) is 3.86. The highest BCUT2D eigenvalue weighted by Gasteiger charge is 2.23. The Hall–Kier alpha value is -1.84. The number of hydrogen-bond acceptors (Lipinski definition) is 5. The number of aliphatic hydroxyl groups excluding tert-OH is 1. The highest BCUT2D eigenvalue weighted by Crippen LogP contribution is 2.20. The molecule has 0 bridgehead atoms. The molecule has 0 amide bonds. The van der Waals surface area contributed by atoms with Crippen LogP contribution >= 0.6 is 0 Å². The second kappa shape index (κ2) is 5.65.